The molecule has 1 amide bonds. The topological polar surface area (TPSA) is 54.9 Å². The summed E-state index contributed by atoms with van der Waals surface area (Å²) in [6.45, 7) is 0. The zero-order valence-electron chi connectivity index (χ0n) is 9.78. The third-order valence-electron chi connectivity index (χ3n) is 2.31. The van der Waals surface area contributed by atoms with Crippen LogP contribution in [0.5, 0.6) is 0 Å². The lowest BCUT2D eigenvalue weighted by atomic mass is 10.2. The zero-order chi connectivity index (χ0) is 14.8. The third kappa shape index (κ3) is 3.45. The first-order chi connectivity index (χ1) is 9.36. The maximum absolute atomic E-state index is 12.3. The largest absolute Gasteiger partial charge is 0.417 e. The lowest BCUT2D eigenvalue weighted by Crippen LogP contribution is -2.15. The molecule has 0 aliphatic heterocycles. The molecule has 2 aromatic rings. The summed E-state index contributed by atoms with van der Waals surface area (Å²) in [6.07, 6.45) is -2.49. The van der Waals surface area contributed by atoms with Crippen LogP contribution >= 0.6 is 11.6 Å². The first-order valence-electron chi connectivity index (χ1n) is 5.32. The Morgan fingerprint density at radius 3 is 2.50 bits per heavy atom. The molecule has 0 radical (unpaired) electrons. The molecule has 2 heterocycles. The van der Waals surface area contributed by atoms with Crippen molar-refractivity contribution >= 4 is 23.2 Å². The minimum Gasteiger partial charge on any atom is -0.320 e. The fourth-order valence-electron chi connectivity index (χ4n) is 1.37. The predicted octanol–water partition coefficient (Wildman–Crippen LogP) is 3.40. The van der Waals surface area contributed by atoms with Crippen molar-refractivity contribution in [3.63, 3.8) is 0 Å². The molecule has 1 N–H and O–H groups in total. The van der Waals surface area contributed by atoms with Gasteiger partial charge in [-0.15, -0.1) is 0 Å². The first-order valence-corrected chi connectivity index (χ1v) is 5.70. The maximum atomic E-state index is 12.3. The molecule has 0 aliphatic carbocycles. The fraction of sp³-hybridized carbons (Fsp3) is 0.0833. The lowest BCUT2D eigenvalue weighted by Gasteiger charge is -2.07. The number of rotatable bonds is 2. The second kappa shape index (κ2) is 5.46. The van der Waals surface area contributed by atoms with Crippen molar-refractivity contribution < 1.29 is 18.0 Å². The molecular weight excluding hydrogens is 295 g/mol. The van der Waals surface area contributed by atoms with Gasteiger partial charge in [-0.25, -0.2) is 4.98 Å². The number of hydrogen-bond donors (Lipinski definition) is 1. The van der Waals surface area contributed by atoms with Crippen molar-refractivity contribution in [1.82, 2.24) is 9.97 Å². The Morgan fingerprint density at radius 1 is 1.20 bits per heavy atom. The van der Waals surface area contributed by atoms with Gasteiger partial charge in [0, 0.05) is 18.1 Å². The highest BCUT2D eigenvalue weighted by atomic mass is 35.5. The van der Waals surface area contributed by atoms with Crippen molar-refractivity contribution in [3.8, 4) is 0 Å². The van der Waals surface area contributed by atoms with Crippen LogP contribution in [-0.4, -0.2) is 15.9 Å². The Morgan fingerprint density at radius 2 is 1.95 bits per heavy atom. The van der Waals surface area contributed by atoms with Crippen molar-refractivity contribution in [2.75, 3.05) is 5.32 Å². The first kappa shape index (κ1) is 14.3. The summed E-state index contributed by atoms with van der Waals surface area (Å²) >= 11 is 5.64. The molecule has 0 fully saturated rings. The van der Waals surface area contributed by atoms with Crippen LogP contribution < -0.4 is 5.32 Å². The number of carbonyl (C=O) groups is 1. The molecule has 2 rings (SSSR count). The summed E-state index contributed by atoms with van der Waals surface area (Å²) in [7, 11) is 0. The van der Waals surface area contributed by atoms with Gasteiger partial charge in [0.05, 0.1) is 5.56 Å². The van der Waals surface area contributed by atoms with Gasteiger partial charge in [-0.05, 0) is 24.3 Å². The fourth-order valence-corrected chi connectivity index (χ4v) is 1.55. The van der Waals surface area contributed by atoms with E-state index in [9.17, 15) is 18.0 Å². The quantitative estimate of drug-likeness (QED) is 0.865. The van der Waals surface area contributed by atoms with E-state index >= 15 is 0 Å². The van der Waals surface area contributed by atoms with Crippen LogP contribution in [0.1, 0.15) is 16.1 Å². The summed E-state index contributed by atoms with van der Waals surface area (Å²) in [6, 6.07) is 4.69. The molecule has 8 heteroatoms. The van der Waals surface area contributed by atoms with E-state index in [1.54, 1.807) is 0 Å². The van der Waals surface area contributed by atoms with Crippen LogP contribution in [-0.2, 0) is 6.18 Å². The van der Waals surface area contributed by atoms with Crippen LogP contribution in [0.15, 0.2) is 36.7 Å². The van der Waals surface area contributed by atoms with E-state index in [1.807, 2.05) is 0 Å². The summed E-state index contributed by atoms with van der Waals surface area (Å²) in [4.78, 5) is 19.0. The van der Waals surface area contributed by atoms with Crippen LogP contribution in [0.2, 0.25) is 5.15 Å². The summed E-state index contributed by atoms with van der Waals surface area (Å²) < 4.78 is 37.0. The summed E-state index contributed by atoms with van der Waals surface area (Å²) in [5.74, 6) is -0.638. The number of alkyl halides is 3. The van der Waals surface area contributed by atoms with Crippen molar-refractivity contribution in [3.05, 3.63) is 53.1 Å². The van der Waals surface area contributed by atoms with Gasteiger partial charge in [-0.2, -0.15) is 13.2 Å². The number of aromatic nitrogens is 2. The zero-order valence-corrected chi connectivity index (χ0v) is 10.5. The standard InChI is InChI=1S/C12H7ClF3N3O/c13-10-5-8(3-4-17-10)19-11(20)9-2-1-7(6-18-9)12(14,15)16/h1-6H,(H,17,19,20). The summed E-state index contributed by atoms with van der Waals surface area (Å²) in [5, 5.41) is 2.63. The minimum atomic E-state index is -4.49. The van der Waals surface area contributed by atoms with Gasteiger partial charge in [0.2, 0.25) is 0 Å². The number of nitrogens with one attached hydrogen (secondary N) is 1. The average Bonchev–Trinajstić information content (AvgIpc) is 2.38. The van der Waals surface area contributed by atoms with Crippen LogP contribution in [0, 0.1) is 0 Å². The normalized spacial score (nSPS) is 11.2. The molecule has 2 aromatic heterocycles. The van der Waals surface area contributed by atoms with Gasteiger partial charge in [0.15, 0.2) is 0 Å². The average molecular weight is 302 g/mol. The van der Waals surface area contributed by atoms with Gasteiger partial charge in [0.25, 0.3) is 5.91 Å². The van der Waals surface area contributed by atoms with Gasteiger partial charge < -0.3 is 5.32 Å². The highest BCUT2D eigenvalue weighted by Crippen LogP contribution is 2.28. The number of nitrogens with zero attached hydrogens (tertiary/aromatic N) is 2. The number of carbonyl (C=O) groups excluding carboxylic acids is 1. The van der Waals surface area contributed by atoms with Crippen molar-refractivity contribution in [2.45, 2.75) is 6.18 Å². The predicted molar refractivity (Wildman–Crippen MR) is 66.4 cm³/mol. The van der Waals surface area contributed by atoms with E-state index in [-0.39, 0.29) is 10.8 Å². The Bertz CT molecular complexity index is 629. The molecule has 0 spiro atoms. The number of halogens is 4. The SMILES string of the molecule is O=C(Nc1ccnc(Cl)c1)c1ccc(C(F)(F)F)cn1. The molecule has 0 aliphatic rings. The molecule has 0 unspecified atom stereocenters. The Balaban J connectivity index is 2.14. The molecule has 4 nitrogen and oxygen atoms in total. The highest BCUT2D eigenvalue weighted by molar-refractivity contribution is 6.29. The van der Waals surface area contributed by atoms with Gasteiger partial charge in [0.1, 0.15) is 10.8 Å². The lowest BCUT2D eigenvalue weighted by molar-refractivity contribution is -0.137. The van der Waals surface area contributed by atoms with E-state index in [2.05, 4.69) is 15.3 Å². The van der Waals surface area contributed by atoms with Crippen LogP contribution in [0.3, 0.4) is 0 Å². The molecular formula is C12H7ClF3N3O. The maximum Gasteiger partial charge on any atom is 0.417 e. The Hall–Kier alpha value is -2.15. The second-order valence-electron chi connectivity index (χ2n) is 3.75. The van der Waals surface area contributed by atoms with E-state index < -0.39 is 17.6 Å². The van der Waals surface area contributed by atoms with E-state index in [0.29, 0.717) is 11.9 Å². The van der Waals surface area contributed by atoms with E-state index in [1.165, 1.54) is 18.3 Å². The Labute approximate surface area is 116 Å². The second-order valence-corrected chi connectivity index (χ2v) is 4.14. The van der Waals surface area contributed by atoms with Crippen molar-refractivity contribution in [2.24, 2.45) is 0 Å². The molecule has 104 valence electrons. The number of pyridine rings is 2. The molecule has 0 aromatic carbocycles. The van der Waals surface area contributed by atoms with Crippen LogP contribution in [0.25, 0.3) is 0 Å². The number of hydrogen-bond acceptors (Lipinski definition) is 3. The monoisotopic (exact) mass is 301 g/mol. The number of amides is 1. The number of anilines is 1. The molecule has 0 saturated heterocycles. The molecule has 0 saturated carbocycles. The van der Waals surface area contributed by atoms with E-state index in [4.69, 9.17) is 11.6 Å². The Kier molecular flexibility index (Phi) is 3.89. The van der Waals surface area contributed by atoms with E-state index in [0.717, 1.165) is 12.1 Å². The van der Waals surface area contributed by atoms with Crippen LogP contribution in [0.4, 0.5) is 18.9 Å². The minimum absolute atomic E-state index is 0.133. The van der Waals surface area contributed by atoms with Gasteiger partial charge in [-0.1, -0.05) is 11.6 Å². The van der Waals surface area contributed by atoms with Gasteiger partial charge in [-0.3, -0.25) is 9.78 Å². The summed E-state index contributed by atoms with van der Waals surface area (Å²) in [5.41, 5.74) is -0.677. The molecule has 0 atom stereocenters. The molecule has 20 heavy (non-hydrogen) atoms. The molecule has 0 bridgehead atoms. The smallest absolute Gasteiger partial charge is 0.320 e. The van der Waals surface area contributed by atoms with Gasteiger partial charge >= 0.3 is 6.18 Å². The highest BCUT2D eigenvalue weighted by Gasteiger charge is 2.30. The third-order valence-corrected chi connectivity index (χ3v) is 2.51. The van der Waals surface area contributed by atoms with Crippen molar-refractivity contribution in [1.29, 1.82) is 0 Å².